The van der Waals surface area contributed by atoms with Gasteiger partial charge in [-0.1, -0.05) is 20.8 Å². The average Bonchev–Trinajstić information content (AvgIpc) is 3.34. The van der Waals surface area contributed by atoms with Crippen molar-refractivity contribution in [2.75, 3.05) is 0 Å². The van der Waals surface area contributed by atoms with Crippen LogP contribution in [0.5, 0.6) is 0 Å². The van der Waals surface area contributed by atoms with Gasteiger partial charge in [-0.05, 0) is 46.4 Å². The van der Waals surface area contributed by atoms with Gasteiger partial charge in [0.2, 0.25) is 0 Å². The molecule has 31 heavy (non-hydrogen) atoms. The van der Waals surface area contributed by atoms with E-state index in [2.05, 4.69) is 43.4 Å². The van der Waals surface area contributed by atoms with Gasteiger partial charge in [-0.15, -0.1) is 11.3 Å². The van der Waals surface area contributed by atoms with Crippen LogP contribution in [-0.4, -0.2) is 25.4 Å². The number of pyridine rings is 1. The normalized spacial score (nSPS) is 15.7. The summed E-state index contributed by atoms with van der Waals surface area (Å²) in [7, 11) is 1.89. The van der Waals surface area contributed by atoms with Gasteiger partial charge in [-0.2, -0.15) is 5.10 Å². The molecule has 1 atom stereocenters. The lowest BCUT2D eigenvalue weighted by Gasteiger charge is -2.39. The summed E-state index contributed by atoms with van der Waals surface area (Å²) in [6.07, 6.45) is 4.21. The number of benzene rings is 1. The van der Waals surface area contributed by atoms with Crippen molar-refractivity contribution in [2.45, 2.75) is 33.2 Å². The molecule has 0 saturated carbocycles. The number of hydrogen-bond acceptors (Lipinski definition) is 4. The van der Waals surface area contributed by atoms with Crippen LogP contribution in [0, 0.1) is 5.41 Å². The van der Waals surface area contributed by atoms with E-state index in [0.717, 1.165) is 28.9 Å². The number of carboxylic acid groups (broad SMARTS) is 1. The maximum atomic E-state index is 12.7. The molecule has 158 valence electrons. The summed E-state index contributed by atoms with van der Waals surface area (Å²) >= 11 is 1.69. The third-order valence-electron chi connectivity index (χ3n) is 6.16. The summed E-state index contributed by atoms with van der Waals surface area (Å²) in [5.74, 6) is -1.19. The molecule has 0 bridgehead atoms. The van der Waals surface area contributed by atoms with E-state index in [9.17, 15) is 14.7 Å². The molecule has 0 unspecified atom stereocenters. The zero-order chi connectivity index (χ0) is 22.1. The second kappa shape index (κ2) is 6.65. The Balaban J connectivity index is 1.87. The van der Waals surface area contributed by atoms with Crippen LogP contribution in [0.15, 0.2) is 46.8 Å². The number of aromatic nitrogens is 3. The van der Waals surface area contributed by atoms with Crippen molar-refractivity contribution in [1.29, 1.82) is 0 Å². The van der Waals surface area contributed by atoms with Crippen molar-refractivity contribution >= 4 is 27.4 Å². The summed E-state index contributed by atoms with van der Waals surface area (Å²) in [5, 5.41) is 17.4. The van der Waals surface area contributed by atoms with E-state index in [0.29, 0.717) is 0 Å². The fourth-order valence-electron chi connectivity index (χ4n) is 4.59. The fraction of sp³-hybridized carbons (Fsp3) is 0.292. The molecule has 0 saturated heterocycles. The number of carboxylic acids is 1. The van der Waals surface area contributed by atoms with E-state index in [1.807, 2.05) is 23.9 Å². The lowest BCUT2D eigenvalue weighted by atomic mass is 9.77. The topological polar surface area (TPSA) is 77.1 Å². The van der Waals surface area contributed by atoms with Gasteiger partial charge < -0.3 is 9.67 Å². The van der Waals surface area contributed by atoms with Crippen LogP contribution < -0.4 is 5.43 Å². The standard InChI is InChI=1S/C24H23N3O3S/c1-24(2,3)21-10-14-13-6-8-31-22(13)16(18-5-7-26(4)25-18)9-15(14)19-11-20(28)17(23(29)30)12-27(19)21/h5-9,11-12,21H,10H2,1-4H3,(H,29,30)/t21-/m0/s1. The second-order valence-corrected chi connectivity index (χ2v) is 10.1. The van der Waals surface area contributed by atoms with Crippen molar-refractivity contribution in [3.63, 3.8) is 0 Å². The Bertz CT molecular complexity index is 1420. The van der Waals surface area contributed by atoms with Gasteiger partial charge in [0.15, 0.2) is 5.43 Å². The highest BCUT2D eigenvalue weighted by atomic mass is 32.1. The number of fused-ring (bicyclic) bond motifs is 5. The Morgan fingerprint density at radius 1 is 1.23 bits per heavy atom. The average molecular weight is 434 g/mol. The maximum absolute atomic E-state index is 12.7. The molecule has 4 aromatic rings. The molecule has 1 aliphatic rings. The fourth-order valence-corrected chi connectivity index (χ4v) is 5.54. The molecule has 6 nitrogen and oxygen atoms in total. The van der Waals surface area contributed by atoms with Gasteiger partial charge in [0, 0.05) is 47.4 Å². The SMILES string of the molecule is Cn1ccc(-c2cc3c(c4ccsc24)C[C@@H](C(C)(C)C)n2cc(C(=O)O)c(=O)cc2-3)n1. The van der Waals surface area contributed by atoms with Crippen LogP contribution in [-0.2, 0) is 13.5 Å². The van der Waals surface area contributed by atoms with Crippen LogP contribution in [0.1, 0.15) is 42.7 Å². The number of aromatic carboxylic acids is 1. The molecule has 0 aliphatic carbocycles. The van der Waals surface area contributed by atoms with Gasteiger partial charge in [0.1, 0.15) is 5.56 Å². The van der Waals surface area contributed by atoms with Crippen LogP contribution in [0.25, 0.3) is 32.6 Å². The third kappa shape index (κ3) is 3.03. The summed E-state index contributed by atoms with van der Waals surface area (Å²) < 4.78 is 4.96. The number of carbonyl (C=O) groups is 1. The molecule has 0 radical (unpaired) electrons. The Kier molecular flexibility index (Phi) is 4.24. The van der Waals surface area contributed by atoms with Gasteiger partial charge in [0.05, 0.1) is 11.4 Å². The lowest BCUT2D eigenvalue weighted by Crippen LogP contribution is -2.32. The number of nitrogens with zero attached hydrogens (tertiary/aromatic N) is 3. The van der Waals surface area contributed by atoms with E-state index in [1.165, 1.54) is 27.9 Å². The Morgan fingerprint density at radius 3 is 2.65 bits per heavy atom. The predicted octanol–water partition coefficient (Wildman–Crippen LogP) is 4.97. The molecule has 7 heteroatoms. The molecular weight excluding hydrogens is 410 g/mol. The Morgan fingerprint density at radius 2 is 2.00 bits per heavy atom. The molecule has 5 rings (SSSR count). The van der Waals surface area contributed by atoms with E-state index in [1.54, 1.807) is 16.0 Å². The van der Waals surface area contributed by atoms with Crippen molar-refractivity contribution < 1.29 is 9.90 Å². The zero-order valence-electron chi connectivity index (χ0n) is 17.8. The molecular formula is C24H23N3O3S. The first-order valence-electron chi connectivity index (χ1n) is 10.2. The predicted molar refractivity (Wildman–Crippen MR) is 123 cm³/mol. The van der Waals surface area contributed by atoms with E-state index >= 15 is 0 Å². The first kappa shape index (κ1) is 19.8. The van der Waals surface area contributed by atoms with Crippen molar-refractivity contribution in [3.8, 4) is 22.5 Å². The van der Waals surface area contributed by atoms with Crippen molar-refractivity contribution in [1.82, 2.24) is 14.3 Å². The monoisotopic (exact) mass is 433 g/mol. The quantitative estimate of drug-likeness (QED) is 0.484. The van der Waals surface area contributed by atoms with Gasteiger partial charge in [-0.25, -0.2) is 4.79 Å². The maximum Gasteiger partial charge on any atom is 0.341 e. The number of thiophene rings is 1. The van der Waals surface area contributed by atoms with Crippen molar-refractivity contribution in [3.05, 3.63) is 63.4 Å². The molecule has 1 aliphatic heterocycles. The van der Waals surface area contributed by atoms with Gasteiger partial charge in [0.25, 0.3) is 0 Å². The third-order valence-corrected chi connectivity index (χ3v) is 7.10. The molecule has 3 aromatic heterocycles. The van der Waals surface area contributed by atoms with Crippen LogP contribution in [0.2, 0.25) is 0 Å². The number of rotatable bonds is 2. The second-order valence-electron chi connectivity index (χ2n) is 9.22. The minimum Gasteiger partial charge on any atom is -0.477 e. The number of hydrogen-bond donors (Lipinski definition) is 1. The minimum atomic E-state index is -1.19. The Labute approximate surface area is 183 Å². The molecule has 1 N–H and O–H groups in total. The summed E-state index contributed by atoms with van der Waals surface area (Å²) in [6.45, 7) is 6.45. The summed E-state index contributed by atoms with van der Waals surface area (Å²) in [6, 6.07) is 7.76. The van der Waals surface area contributed by atoms with Crippen LogP contribution >= 0.6 is 11.3 Å². The highest BCUT2D eigenvalue weighted by molar-refractivity contribution is 7.17. The molecule has 4 heterocycles. The van der Waals surface area contributed by atoms with Gasteiger partial charge in [-0.3, -0.25) is 9.48 Å². The highest BCUT2D eigenvalue weighted by Crippen LogP contribution is 2.47. The van der Waals surface area contributed by atoms with E-state index < -0.39 is 11.4 Å². The molecule has 1 aromatic carbocycles. The van der Waals surface area contributed by atoms with Gasteiger partial charge >= 0.3 is 5.97 Å². The first-order valence-corrected chi connectivity index (χ1v) is 11.1. The van der Waals surface area contributed by atoms with Crippen LogP contribution in [0.4, 0.5) is 0 Å². The van der Waals surface area contributed by atoms with E-state index in [4.69, 9.17) is 0 Å². The number of aryl methyl sites for hydroxylation is 1. The van der Waals surface area contributed by atoms with Crippen molar-refractivity contribution in [2.24, 2.45) is 12.5 Å². The summed E-state index contributed by atoms with van der Waals surface area (Å²) in [5.41, 5.74) is 4.07. The zero-order valence-corrected chi connectivity index (χ0v) is 18.7. The first-order chi connectivity index (χ1) is 14.6. The Hall–Kier alpha value is -3.19. The highest BCUT2D eigenvalue weighted by Gasteiger charge is 2.35. The van der Waals surface area contributed by atoms with E-state index in [-0.39, 0.29) is 17.0 Å². The largest absolute Gasteiger partial charge is 0.477 e. The molecule has 0 fully saturated rings. The molecule has 0 amide bonds. The summed E-state index contributed by atoms with van der Waals surface area (Å²) in [4.78, 5) is 24.3. The minimum absolute atomic E-state index is 0.0255. The van der Waals surface area contributed by atoms with Crippen LogP contribution in [0.3, 0.4) is 0 Å². The lowest BCUT2D eigenvalue weighted by molar-refractivity contribution is 0.0693. The smallest absolute Gasteiger partial charge is 0.341 e. The molecule has 0 spiro atoms.